The number of ether oxygens (including phenoxy) is 1. The third-order valence-electron chi connectivity index (χ3n) is 2.16. The molecule has 0 aromatic heterocycles. The first kappa shape index (κ1) is 17.2. The fraction of sp³-hybridized carbons (Fsp3) is 0.462. The summed E-state index contributed by atoms with van der Waals surface area (Å²) in [7, 11) is 0. The summed E-state index contributed by atoms with van der Waals surface area (Å²) >= 11 is 1.03. The van der Waals surface area contributed by atoms with Crippen molar-refractivity contribution < 1.29 is 23.1 Å². The summed E-state index contributed by atoms with van der Waals surface area (Å²) in [6.45, 7) is 3.03. The molecule has 0 spiro atoms. The summed E-state index contributed by atoms with van der Waals surface area (Å²) in [5.41, 5.74) is 0.457. The first-order valence-corrected chi connectivity index (χ1v) is 9.37. The van der Waals surface area contributed by atoms with E-state index < -0.39 is 6.80 Å². The SMILES string of the molecule is CCOC(=O)c1ccc(SP(=O)(OCC)OCC)cc1. The van der Waals surface area contributed by atoms with Gasteiger partial charge in [0.05, 0.1) is 25.4 Å². The highest BCUT2D eigenvalue weighted by Gasteiger charge is 2.25. The van der Waals surface area contributed by atoms with Gasteiger partial charge < -0.3 is 13.8 Å². The number of hydrogen-bond acceptors (Lipinski definition) is 6. The third kappa shape index (κ3) is 5.29. The Morgan fingerprint density at radius 2 is 1.60 bits per heavy atom. The van der Waals surface area contributed by atoms with E-state index >= 15 is 0 Å². The van der Waals surface area contributed by atoms with Crippen molar-refractivity contribution in [2.75, 3.05) is 19.8 Å². The van der Waals surface area contributed by atoms with E-state index in [-0.39, 0.29) is 5.97 Å². The van der Waals surface area contributed by atoms with Crippen molar-refractivity contribution in [2.45, 2.75) is 25.7 Å². The van der Waals surface area contributed by atoms with Gasteiger partial charge in [-0.15, -0.1) is 0 Å². The molecule has 0 aliphatic rings. The van der Waals surface area contributed by atoms with Crippen LogP contribution in [0.3, 0.4) is 0 Å². The van der Waals surface area contributed by atoms with Crippen LogP contribution < -0.4 is 0 Å². The quantitative estimate of drug-likeness (QED) is 0.530. The second-order valence-electron chi connectivity index (χ2n) is 3.62. The lowest BCUT2D eigenvalue weighted by molar-refractivity contribution is 0.0526. The first-order valence-electron chi connectivity index (χ1n) is 6.40. The van der Waals surface area contributed by atoms with E-state index in [0.29, 0.717) is 30.3 Å². The second kappa shape index (κ2) is 8.47. The molecule has 0 saturated carbocycles. The van der Waals surface area contributed by atoms with Crippen LogP contribution in [0.25, 0.3) is 0 Å². The third-order valence-corrected chi connectivity index (χ3v) is 5.95. The van der Waals surface area contributed by atoms with Gasteiger partial charge in [0.1, 0.15) is 0 Å². The number of esters is 1. The predicted octanol–water partition coefficient (Wildman–Crippen LogP) is 4.14. The van der Waals surface area contributed by atoms with Gasteiger partial charge in [-0.05, 0) is 56.4 Å². The summed E-state index contributed by atoms with van der Waals surface area (Å²) in [4.78, 5) is 12.2. The Morgan fingerprint density at radius 3 is 2.05 bits per heavy atom. The van der Waals surface area contributed by atoms with Crippen LogP contribution in [0.4, 0.5) is 0 Å². The molecule has 0 atom stereocenters. The van der Waals surface area contributed by atoms with Crippen LogP contribution >= 0.6 is 18.2 Å². The minimum absolute atomic E-state index is 0.311. The monoisotopic (exact) mass is 318 g/mol. The minimum atomic E-state index is -3.19. The molecule has 0 radical (unpaired) electrons. The molecule has 0 N–H and O–H groups in total. The zero-order chi connectivity index (χ0) is 15.0. The van der Waals surface area contributed by atoms with Crippen LogP contribution in [-0.2, 0) is 18.3 Å². The predicted molar refractivity (Wildman–Crippen MR) is 79.1 cm³/mol. The molecule has 0 bridgehead atoms. The van der Waals surface area contributed by atoms with E-state index in [1.807, 2.05) is 0 Å². The average Bonchev–Trinajstić information content (AvgIpc) is 2.40. The van der Waals surface area contributed by atoms with E-state index in [4.69, 9.17) is 13.8 Å². The van der Waals surface area contributed by atoms with Gasteiger partial charge in [0.2, 0.25) is 0 Å². The van der Waals surface area contributed by atoms with Crippen LogP contribution in [0.15, 0.2) is 29.2 Å². The van der Waals surface area contributed by atoms with Gasteiger partial charge in [-0.2, -0.15) is 0 Å². The molecule has 5 nitrogen and oxygen atoms in total. The van der Waals surface area contributed by atoms with Gasteiger partial charge in [0, 0.05) is 4.90 Å². The van der Waals surface area contributed by atoms with E-state index in [0.717, 1.165) is 11.4 Å². The molecule has 0 amide bonds. The van der Waals surface area contributed by atoms with Gasteiger partial charge in [0.15, 0.2) is 0 Å². The molecular weight excluding hydrogens is 299 g/mol. The van der Waals surface area contributed by atoms with E-state index in [9.17, 15) is 9.36 Å². The average molecular weight is 318 g/mol. The summed E-state index contributed by atoms with van der Waals surface area (Å²) in [6, 6.07) is 6.65. The van der Waals surface area contributed by atoms with Crippen molar-refractivity contribution in [2.24, 2.45) is 0 Å². The van der Waals surface area contributed by atoms with Gasteiger partial charge in [-0.3, -0.25) is 0 Å². The van der Waals surface area contributed by atoms with Crippen molar-refractivity contribution in [3.63, 3.8) is 0 Å². The standard InChI is InChI=1S/C13H19O5PS/c1-4-16-13(14)11-7-9-12(10-8-11)20-19(15,17-5-2)18-6-3/h7-10H,4-6H2,1-3H3. The molecule has 20 heavy (non-hydrogen) atoms. The highest BCUT2D eigenvalue weighted by molar-refractivity contribution is 8.55. The fourth-order valence-corrected chi connectivity index (χ4v) is 4.82. The Kier molecular flexibility index (Phi) is 7.30. The molecule has 1 aromatic carbocycles. The summed E-state index contributed by atoms with van der Waals surface area (Å²) in [6.07, 6.45) is 0. The van der Waals surface area contributed by atoms with Crippen LogP contribution in [0.5, 0.6) is 0 Å². The van der Waals surface area contributed by atoms with Crippen LogP contribution in [0.2, 0.25) is 0 Å². The lowest BCUT2D eigenvalue weighted by Crippen LogP contribution is -2.03. The van der Waals surface area contributed by atoms with Crippen molar-refractivity contribution >= 4 is 24.1 Å². The smallest absolute Gasteiger partial charge is 0.393 e. The topological polar surface area (TPSA) is 61.8 Å². The van der Waals surface area contributed by atoms with Crippen LogP contribution in [-0.4, -0.2) is 25.8 Å². The normalized spacial score (nSPS) is 11.3. The zero-order valence-corrected chi connectivity index (χ0v) is 13.5. The van der Waals surface area contributed by atoms with Gasteiger partial charge in [-0.1, -0.05) is 0 Å². The van der Waals surface area contributed by atoms with E-state index in [1.54, 1.807) is 45.0 Å². The Bertz CT molecular complexity index is 464. The van der Waals surface area contributed by atoms with E-state index in [1.165, 1.54) is 0 Å². The Hall–Kier alpha value is -0.810. The second-order valence-corrected chi connectivity index (χ2v) is 7.57. The molecule has 0 aliphatic heterocycles. The summed E-state index contributed by atoms with van der Waals surface area (Å²) in [5.74, 6) is -0.373. The Balaban J connectivity index is 2.77. The lowest BCUT2D eigenvalue weighted by atomic mass is 10.2. The molecule has 0 unspecified atom stereocenters. The maximum atomic E-state index is 12.3. The highest BCUT2D eigenvalue weighted by atomic mass is 32.7. The number of rotatable bonds is 8. The molecule has 0 saturated heterocycles. The molecule has 1 aromatic rings. The first-order chi connectivity index (χ1) is 9.54. The number of carbonyl (C=O) groups is 1. The molecule has 0 aliphatic carbocycles. The van der Waals surface area contributed by atoms with Gasteiger partial charge >= 0.3 is 12.8 Å². The molecular formula is C13H19O5PS. The van der Waals surface area contributed by atoms with Crippen LogP contribution in [0.1, 0.15) is 31.1 Å². The summed E-state index contributed by atoms with van der Waals surface area (Å²) in [5, 5.41) is 0. The van der Waals surface area contributed by atoms with E-state index in [2.05, 4.69) is 0 Å². The number of benzene rings is 1. The molecule has 0 fully saturated rings. The minimum Gasteiger partial charge on any atom is -0.462 e. The van der Waals surface area contributed by atoms with Gasteiger partial charge in [-0.25, -0.2) is 9.36 Å². The van der Waals surface area contributed by atoms with Crippen molar-refractivity contribution in [1.82, 2.24) is 0 Å². The molecule has 7 heteroatoms. The molecule has 112 valence electrons. The highest BCUT2D eigenvalue weighted by Crippen LogP contribution is 2.63. The fourth-order valence-electron chi connectivity index (χ4n) is 1.40. The number of hydrogen-bond donors (Lipinski definition) is 0. The largest absolute Gasteiger partial charge is 0.462 e. The zero-order valence-electron chi connectivity index (χ0n) is 11.8. The summed E-state index contributed by atoms with van der Waals surface area (Å²) < 4.78 is 27.6. The Labute approximate surface area is 123 Å². The maximum Gasteiger partial charge on any atom is 0.393 e. The van der Waals surface area contributed by atoms with Crippen molar-refractivity contribution in [1.29, 1.82) is 0 Å². The number of carbonyl (C=O) groups excluding carboxylic acids is 1. The lowest BCUT2D eigenvalue weighted by Gasteiger charge is -2.15. The maximum absolute atomic E-state index is 12.3. The van der Waals surface area contributed by atoms with Crippen molar-refractivity contribution in [3.8, 4) is 0 Å². The molecule has 1 rings (SSSR count). The van der Waals surface area contributed by atoms with Crippen molar-refractivity contribution in [3.05, 3.63) is 29.8 Å². The van der Waals surface area contributed by atoms with Crippen LogP contribution in [0, 0.1) is 0 Å². The van der Waals surface area contributed by atoms with Gasteiger partial charge in [0.25, 0.3) is 0 Å². The Morgan fingerprint density at radius 1 is 1.05 bits per heavy atom. The molecule has 0 heterocycles.